The molecular formula is C12H17BrN2. The summed E-state index contributed by atoms with van der Waals surface area (Å²) in [6.45, 7) is 4.59. The van der Waals surface area contributed by atoms with Crippen LogP contribution in [0, 0.1) is 0 Å². The number of pyridine rings is 1. The Bertz CT molecular complexity index is 327. The Morgan fingerprint density at radius 2 is 2.40 bits per heavy atom. The summed E-state index contributed by atoms with van der Waals surface area (Å²) in [5.41, 5.74) is 1.35. The lowest BCUT2D eigenvalue weighted by atomic mass is 9.96. The fraction of sp³-hybridized carbons (Fsp3) is 0.583. The first kappa shape index (κ1) is 11.1. The summed E-state index contributed by atoms with van der Waals surface area (Å²) in [4.78, 5) is 6.86. The van der Waals surface area contributed by atoms with Gasteiger partial charge in [0.05, 0.1) is 0 Å². The predicted octanol–water partition coefficient (Wildman–Crippen LogP) is 3.39. The van der Waals surface area contributed by atoms with E-state index < -0.39 is 0 Å². The molecule has 0 N–H and O–H groups in total. The van der Waals surface area contributed by atoms with E-state index in [4.69, 9.17) is 0 Å². The van der Waals surface area contributed by atoms with Gasteiger partial charge < -0.3 is 0 Å². The molecule has 3 heteroatoms. The summed E-state index contributed by atoms with van der Waals surface area (Å²) in [5, 5.41) is 0. The van der Waals surface area contributed by atoms with Crippen molar-refractivity contribution < 1.29 is 0 Å². The minimum absolute atomic E-state index is 0.562. The van der Waals surface area contributed by atoms with Gasteiger partial charge in [0.1, 0.15) is 4.60 Å². The van der Waals surface area contributed by atoms with Crippen LogP contribution in [0.1, 0.15) is 37.8 Å². The van der Waals surface area contributed by atoms with Gasteiger partial charge in [-0.15, -0.1) is 0 Å². The lowest BCUT2D eigenvalue weighted by Crippen LogP contribution is -2.33. The fourth-order valence-corrected chi connectivity index (χ4v) is 2.88. The Morgan fingerprint density at radius 3 is 3.13 bits per heavy atom. The lowest BCUT2D eigenvalue weighted by Gasteiger charge is -2.35. The highest BCUT2D eigenvalue weighted by Crippen LogP contribution is 2.33. The molecule has 1 saturated heterocycles. The van der Waals surface area contributed by atoms with Crippen molar-refractivity contribution in [3.8, 4) is 0 Å². The molecule has 2 heterocycles. The normalized spacial score (nSPS) is 22.9. The Hall–Kier alpha value is -0.410. The summed E-state index contributed by atoms with van der Waals surface area (Å²) in [6.07, 6.45) is 5.77. The molecule has 0 bridgehead atoms. The Balaban J connectivity index is 2.24. The van der Waals surface area contributed by atoms with Crippen molar-refractivity contribution in [2.24, 2.45) is 0 Å². The van der Waals surface area contributed by atoms with Crippen LogP contribution in [0.5, 0.6) is 0 Å². The Morgan fingerprint density at radius 1 is 1.53 bits per heavy atom. The first-order valence-electron chi connectivity index (χ1n) is 5.67. The number of nitrogens with zero attached hydrogens (tertiary/aromatic N) is 2. The standard InChI is InChI=1S/C12H17BrN2/c1-2-15-9-4-3-7-11(15)10-6-5-8-14-12(10)13/h5-6,8,11H,2-4,7,9H2,1H3/t11-/m1/s1. The molecule has 1 aromatic heterocycles. The third-order valence-corrected chi connectivity index (χ3v) is 3.83. The van der Waals surface area contributed by atoms with Crippen molar-refractivity contribution in [3.63, 3.8) is 0 Å². The largest absolute Gasteiger partial charge is 0.297 e. The molecule has 0 spiro atoms. The van der Waals surface area contributed by atoms with E-state index in [1.54, 1.807) is 0 Å². The fourth-order valence-electron chi connectivity index (χ4n) is 2.37. The zero-order chi connectivity index (χ0) is 10.7. The monoisotopic (exact) mass is 268 g/mol. The summed E-state index contributed by atoms with van der Waals surface area (Å²) in [7, 11) is 0. The molecule has 0 amide bonds. The van der Waals surface area contributed by atoms with Gasteiger partial charge in [-0.05, 0) is 47.9 Å². The van der Waals surface area contributed by atoms with E-state index in [1.165, 1.54) is 31.4 Å². The highest BCUT2D eigenvalue weighted by molar-refractivity contribution is 9.10. The van der Waals surface area contributed by atoms with Crippen LogP contribution >= 0.6 is 15.9 Å². The van der Waals surface area contributed by atoms with Crippen LogP contribution in [0.3, 0.4) is 0 Å². The van der Waals surface area contributed by atoms with E-state index in [1.807, 2.05) is 12.3 Å². The molecule has 82 valence electrons. The van der Waals surface area contributed by atoms with Crippen molar-refractivity contribution in [2.75, 3.05) is 13.1 Å². The zero-order valence-corrected chi connectivity index (χ0v) is 10.7. The summed E-state index contributed by atoms with van der Waals surface area (Å²) < 4.78 is 1.01. The van der Waals surface area contributed by atoms with Crippen LogP contribution in [0.15, 0.2) is 22.9 Å². The van der Waals surface area contributed by atoms with E-state index in [0.29, 0.717) is 6.04 Å². The number of aromatic nitrogens is 1. The topological polar surface area (TPSA) is 16.1 Å². The third-order valence-electron chi connectivity index (χ3n) is 3.17. The molecular weight excluding hydrogens is 252 g/mol. The van der Waals surface area contributed by atoms with Gasteiger partial charge in [0.25, 0.3) is 0 Å². The van der Waals surface area contributed by atoms with Crippen molar-refractivity contribution in [2.45, 2.75) is 32.2 Å². The molecule has 1 atom stereocenters. The van der Waals surface area contributed by atoms with Gasteiger partial charge in [-0.25, -0.2) is 4.98 Å². The number of halogens is 1. The average molecular weight is 269 g/mol. The van der Waals surface area contributed by atoms with Gasteiger partial charge in [-0.3, -0.25) is 4.90 Å². The average Bonchev–Trinajstić information content (AvgIpc) is 2.30. The molecule has 0 aliphatic carbocycles. The Labute approximate surface area is 99.8 Å². The van der Waals surface area contributed by atoms with Crippen LogP contribution in [0.4, 0.5) is 0 Å². The summed E-state index contributed by atoms with van der Waals surface area (Å²) >= 11 is 3.55. The number of hydrogen-bond acceptors (Lipinski definition) is 2. The molecule has 0 saturated carbocycles. The van der Waals surface area contributed by atoms with Gasteiger partial charge in [-0.2, -0.15) is 0 Å². The van der Waals surface area contributed by atoms with Gasteiger partial charge in [0.2, 0.25) is 0 Å². The summed E-state index contributed by atoms with van der Waals surface area (Å²) in [6, 6.07) is 4.78. The maximum absolute atomic E-state index is 4.31. The van der Waals surface area contributed by atoms with E-state index in [9.17, 15) is 0 Å². The van der Waals surface area contributed by atoms with Crippen LogP contribution in [-0.4, -0.2) is 23.0 Å². The van der Waals surface area contributed by atoms with Crippen LogP contribution in [0.2, 0.25) is 0 Å². The van der Waals surface area contributed by atoms with Crippen molar-refractivity contribution >= 4 is 15.9 Å². The van der Waals surface area contributed by atoms with Crippen LogP contribution < -0.4 is 0 Å². The van der Waals surface area contributed by atoms with Gasteiger partial charge in [0, 0.05) is 17.8 Å². The molecule has 1 aliphatic rings. The second-order valence-electron chi connectivity index (χ2n) is 4.02. The molecule has 0 aromatic carbocycles. The maximum atomic E-state index is 4.31. The van der Waals surface area contributed by atoms with Gasteiger partial charge in [-0.1, -0.05) is 19.4 Å². The van der Waals surface area contributed by atoms with E-state index in [2.05, 4.69) is 38.8 Å². The third kappa shape index (κ3) is 2.40. The van der Waals surface area contributed by atoms with Crippen molar-refractivity contribution in [3.05, 3.63) is 28.5 Å². The number of likely N-dealkylation sites (tertiary alicyclic amines) is 1. The lowest BCUT2D eigenvalue weighted by molar-refractivity contribution is 0.156. The molecule has 2 rings (SSSR count). The maximum Gasteiger partial charge on any atom is 0.110 e. The molecule has 15 heavy (non-hydrogen) atoms. The van der Waals surface area contributed by atoms with E-state index in [-0.39, 0.29) is 0 Å². The summed E-state index contributed by atoms with van der Waals surface area (Å²) in [5.74, 6) is 0. The second-order valence-corrected chi connectivity index (χ2v) is 4.77. The van der Waals surface area contributed by atoms with Crippen molar-refractivity contribution in [1.82, 2.24) is 9.88 Å². The first-order valence-corrected chi connectivity index (χ1v) is 6.46. The first-order chi connectivity index (χ1) is 7.33. The predicted molar refractivity (Wildman–Crippen MR) is 65.8 cm³/mol. The molecule has 0 radical (unpaired) electrons. The smallest absolute Gasteiger partial charge is 0.110 e. The Kier molecular flexibility index (Phi) is 3.76. The zero-order valence-electron chi connectivity index (χ0n) is 9.12. The quantitative estimate of drug-likeness (QED) is 0.765. The van der Waals surface area contributed by atoms with E-state index >= 15 is 0 Å². The highest BCUT2D eigenvalue weighted by atomic mass is 79.9. The molecule has 0 unspecified atom stereocenters. The molecule has 1 aromatic rings. The highest BCUT2D eigenvalue weighted by Gasteiger charge is 2.24. The number of piperidine rings is 1. The molecule has 1 fully saturated rings. The van der Waals surface area contributed by atoms with Crippen LogP contribution in [0.25, 0.3) is 0 Å². The number of hydrogen-bond donors (Lipinski definition) is 0. The SMILES string of the molecule is CCN1CCCC[C@@H]1c1cccnc1Br. The molecule has 2 nitrogen and oxygen atoms in total. The second kappa shape index (κ2) is 5.08. The van der Waals surface area contributed by atoms with Gasteiger partial charge >= 0.3 is 0 Å². The minimum atomic E-state index is 0.562. The van der Waals surface area contributed by atoms with E-state index in [0.717, 1.165) is 11.1 Å². The minimum Gasteiger partial charge on any atom is -0.297 e. The van der Waals surface area contributed by atoms with Crippen LogP contribution in [-0.2, 0) is 0 Å². The van der Waals surface area contributed by atoms with Gasteiger partial charge in [0.15, 0.2) is 0 Å². The van der Waals surface area contributed by atoms with Crippen molar-refractivity contribution in [1.29, 1.82) is 0 Å². The number of rotatable bonds is 2. The molecule has 1 aliphatic heterocycles.